The predicted octanol–water partition coefficient (Wildman–Crippen LogP) is 3.87. The normalized spacial score (nSPS) is 14.4. The van der Waals surface area contributed by atoms with Crippen LogP contribution in [0.4, 0.5) is 5.82 Å². The molecule has 104 valence electrons. The van der Waals surface area contributed by atoms with E-state index in [1.807, 2.05) is 30.3 Å². The summed E-state index contributed by atoms with van der Waals surface area (Å²) < 4.78 is 5.76. The minimum Gasteiger partial charge on any atom is -0.491 e. The van der Waals surface area contributed by atoms with Gasteiger partial charge in [0.2, 0.25) is 0 Å². The lowest BCUT2D eigenvalue weighted by Gasteiger charge is -2.21. The number of ether oxygens (including phenoxy) is 1. The molecular weight excluding hydrogens is 295 g/mol. The molecule has 0 radical (unpaired) electrons. The number of alkyl halides is 1. The molecule has 1 aromatic heterocycles. The average Bonchev–Trinajstić information content (AvgIpc) is 2.70. The van der Waals surface area contributed by atoms with E-state index in [9.17, 15) is 0 Å². The van der Waals surface area contributed by atoms with Crippen LogP contribution in [0.1, 0.15) is 11.3 Å². The van der Waals surface area contributed by atoms with Crippen LogP contribution in [-0.2, 0) is 12.4 Å². The fourth-order valence-corrected chi connectivity index (χ4v) is 2.71. The Hall–Kier alpha value is -1.45. The van der Waals surface area contributed by atoms with Crippen LogP contribution in [0.25, 0.3) is 0 Å². The number of anilines is 1. The van der Waals surface area contributed by atoms with E-state index in [0.29, 0.717) is 23.2 Å². The molecule has 1 aliphatic rings. The molecule has 0 spiro atoms. The Labute approximate surface area is 128 Å². The average molecular weight is 309 g/mol. The lowest BCUT2D eigenvalue weighted by molar-refractivity contribution is 0.331. The van der Waals surface area contributed by atoms with Gasteiger partial charge in [-0.25, -0.2) is 4.98 Å². The van der Waals surface area contributed by atoms with Crippen molar-refractivity contribution >= 4 is 29.0 Å². The lowest BCUT2D eigenvalue weighted by Crippen LogP contribution is -2.26. The molecule has 0 atom stereocenters. The van der Waals surface area contributed by atoms with Crippen molar-refractivity contribution in [2.75, 3.05) is 18.1 Å². The number of aromatic nitrogens is 1. The molecule has 0 N–H and O–H groups in total. The van der Waals surface area contributed by atoms with Crippen LogP contribution in [-0.4, -0.2) is 18.1 Å². The molecule has 0 saturated carbocycles. The number of nitrogens with zero attached hydrogens (tertiary/aromatic N) is 2. The first-order chi connectivity index (χ1) is 9.78. The third kappa shape index (κ3) is 2.69. The van der Waals surface area contributed by atoms with E-state index in [4.69, 9.17) is 27.9 Å². The van der Waals surface area contributed by atoms with Gasteiger partial charge in [0.1, 0.15) is 18.2 Å². The standard InChI is InChI=1S/C15H14Cl2N2O/c16-9-13-12(17)5-6-15(18-13)19-7-8-20-14-4-2-1-3-11(14)10-19/h1-6H,7-10H2. The molecular formula is C15H14Cl2N2O. The molecule has 0 saturated heterocycles. The fraction of sp³-hybridized carbons (Fsp3) is 0.267. The van der Waals surface area contributed by atoms with E-state index in [-0.39, 0.29) is 0 Å². The van der Waals surface area contributed by atoms with Crippen molar-refractivity contribution in [3.05, 3.63) is 52.7 Å². The van der Waals surface area contributed by atoms with Gasteiger partial charge < -0.3 is 9.64 Å². The highest BCUT2D eigenvalue weighted by Gasteiger charge is 2.17. The number of benzene rings is 1. The smallest absolute Gasteiger partial charge is 0.129 e. The second kappa shape index (κ2) is 5.90. The second-order valence-corrected chi connectivity index (χ2v) is 5.28. The Bertz CT molecular complexity index is 619. The maximum atomic E-state index is 6.06. The highest BCUT2D eigenvalue weighted by Crippen LogP contribution is 2.27. The van der Waals surface area contributed by atoms with Crippen molar-refractivity contribution in [1.29, 1.82) is 0 Å². The summed E-state index contributed by atoms with van der Waals surface area (Å²) in [7, 11) is 0. The number of hydrogen-bond acceptors (Lipinski definition) is 3. The molecule has 0 bridgehead atoms. The van der Waals surface area contributed by atoms with E-state index < -0.39 is 0 Å². The van der Waals surface area contributed by atoms with Gasteiger partial charge in [-0.15, -0.1) is 11.6 Å². The monoisotopic (exact) mass is 308 g/mol. The Morgan fingerprint density at radius 2 is 2.05 bits per heavy atom. The fourth-order valence-electron chi connectivity index (χ4n) is 2.26. The first-order valence-electron chi connectivity index (χ1n) is 6.45. The Kier molecular flexibility index (Phi) is 3.99. The minimum absolute atomic E-state index is 0.313. The number of fused-ring (bicyclic) bond motifs is 1. The number of rotatable bonds is 2. The lowest BCUT2D eigenvalue weighted by atomic mass is 10.2. The number of para-hydroxylation sites is 1. The molecule has 2 heterocycles. The first-order valence-corrected chi connectivity index (χ1v) is 7.36. The Balaban J connectivity index is 1.91. The van der Waals surface area contributed by atoms with Crippen LogP contribution >= 0.6 is 23.2 Å². The van der Waals surface area contributed by atoms with Gasteiger partial charge in [-0.3, -0.25) is 0 Å². The summed E-state index contributed by atoms with van der Waals surface area (Å²) in [5, 5.41) is 0.607. The molecule has 2 aromatic rings. The molecule has 5 heteroatoms. The molecule has 0 fully saturated rings. The zero-order valence-corrected chi connectivity index (χ0v) is 12.4. The molecule has 20 heavy (non-hydrogen) atoms. The largest absolute Gasteiger partial charge is 0.491 e. The van der Waals surface area contributed by atoms with Crippen molar-refractivity contribution in [3.63, 3.8) is 0 Å². The summed E-state index contributed by atoms with van der Waals surface area (Å²) in [5.74, 6) is 2.14. The van der Waals surface area contributed by atoms with Crippen LogP contribution in [0.2, 0.25) is 5.02 Å². The Morgan fingerprint density at radius 1 is 1.20 bits per heavy atom. The van der Waals surface area contributed by atoms with E-state index in [1.54, 1.807) is 0 Å². The van der Waals surface area contributed by atoms with Gasteiger partial charge >= 0.3 is 0 Å². The number of pyridine rings is 1. The third-order valence-corrected chi connectivity index (χ3v) is 3.90. The highest BCUT2D eigenvalue weighted by molar-refractivity contribution is 6.32. The maximum Gasteiger partial charge on any atom is 0.129 e. The summed E-state index contributed by atoms with van der Waals surface area (Å²) in [5.41, 5.74) is 1.87. The molecule has 1 aromatic carbocycles. The van der Waals surface area contributed by atoms with Crippen molar-refractivity contribution < 1.29 is 4.74 Å². The summed E-state index contributed by atoms with van der Waals surface area (Å²) in [4.78, 5) is 6.71. The van der Waals surface area contributed by atoms with Crippen molar-refractivity contribution in [1.82, 2.24) is 4.98 Å². The van der Waals surface area contributed by atoms with Gasteiger partial charge in [-0.1, -0.05) is 29.8 Å². The number of hydrogen-bond donors (Lipinski definition) is 0. The molecule has 0 aliphatic carbocycles. The molecule has 0 amide bonds. The van der Waals surface area contributed by atoms with Crippen LogP contribution in [0.15, 0.2) is 36.4 Å². The Morgan fingerprint density at radius 3 is 2.90 bits per heavy atom. The first kappa shape index (κ1) is 13.5. The summed E-state index contributed by atoms with van der Waals surface area (Å²) >= 11 is 11.9. The van der Waals surface area contributed by atoms with Crippen LogP contribution in [0.3, 0.4) is 0 Å². The van der Waals surface area contributed by atoms with E-state index >= 15 is 0 Å². The van der Waals surface area contributed by atoms with Gasteiger partial charge in [0, 0.05) is 12.1 Å². The highest BCUT2D eigenvalue weighted by atomic mass is 35.5. The minimum atomic E-state index is 0.313. The SMILES string of the molecule is ClCc1nc(N2CCOc3ccccc3C2)ccc1Cl. The summed E-state index contributed by atoms with van der Waals surface area (Å²) in [6, 6.07) is 11.8. The molecule has 0 unspecified atom stereocenters. The van der Waals surface area contributed by atoms with Crippen molar-refractivity contribution in [2.45, 2.75) is 12.4 Å². The zero-order valence-electron chi connectivity index (χ0n) is 10.9. The van der Waals surface area contributed by atoms with Crippen LogP contribution in [0.5, 0.6) is 5.75 Å². The van der Waals surface area contributed by atoms with Crippen molar-refractivity contribution in [2.24, 2.45) is 0 Å². The molecule has 1 aliphatic heterocycles. The topological polar surface area (TPSA) is 25.4 Å². The summed E-state index contributed by atoms with van der Waals surface area (Å²) in [6.45, 7) is 2.19. The van der Waals surface area contributed by atoms with Crippen LogP contribution < -0.4 is 9.64 Å². The molecule has 3 nitrogen and oxygen atoms in total. The number of halogens is 2. The third-order valence-electron chi connectivity index (χ3n) is 3.31. The van der Waals surface area contributed by atoms with Crippen LogP contribution in [0, 0.1) is 0 Å². The van der Waals surface area contributed by atoms with Crippen molar-refractivity contribution in [3.8, 4) is 5.75 Å². The zero-order chi connectivity index (χ0) is 13.9. The van der Waals surface area contributed by atoms with Gasteiger partial charge in [-0.05, 0) is 18.2 Å². The maximum absolute atomic E-state index is 6.06. The second-order valence-electron chi connectivity index (χ2n) is 4.61. The molecule has 3 rings (SSSR count). The quantitative estimate of drug-likeness (QED) is 0.787. The van der Waals surface area contributed by atoms with Gasteiger partial charge in [-0.2, -0.15) is 0 Å². The van der Waals surface area contributed by atoms with Gasteiger partial charge in [0.15, 0.2) is 0 Å². The van der Waals surface area contributed by atoms with E-state index in [1.165, 1.54) is 0 Å². The van der Waals surface area contributed by atoms with E-state index in [0.717, 1.165) is 30.2 Å². The van der Waals surface area contributed by atoms with Gasteiger partial charge in [0.25, 0.3) is 0 Å². The van der Waals surface area contributed by atoms with E-state index in [2.05, 4.69) is 16.0 Å². The predicted molar refractivity (Wildman–Crippen MR) is 81.8 cm³/mol. The summed E-state index contributed by atoms with van der Waals surface area (Å²) in [6.07, 6.45) is 0. The van der Waals surface area contributed by atoms with Gasteiger partial charge in [0.05, 0.1) is 23.1 Å².